The van der Waals surface area contributed by atoms with Crippen LogP contribution in [0.15, 0.2) is 41.3 Å². The molecule has 4 rings (SSSR count). The highest BCUT2D eigenvalue weighted by atomic mass is 32.2. The molecule has 3 aromatic rings. The third-order valence-corrected chi connectivity index (χ3v) is 8.92. The zero-order valence-electron chi connectivity index (χ0n) is 20.3. The minimum Gasteiger partial charge on any atom is -0.495 e. The van der Waals surface area contributed by atoms with Crippen molar-refractivity contribution in [3.05, 3.63) is 53.2 Å². The van der Waals surface area contributed by atoms with E-state index in [1.54, 1.807) is 23.5 Å². The van der Waals surface area contributed by atoms with Crippen LogP contribution in [0.3, 0.4) is 0 Å². The smallest absolute Gasteiger partial charge is 0.265 e. The Hall–Kier alpha value is -2.58. The number of ether oxygens (including phenoxy) is 1. The number of anilines is 2. The van der Waals surface area contributed by atoms with Crippen molar-refractivity contribution in [3.63, 3.8) is 0 Å². The molecule has 0 amide bonds. The van der Waals surface area contributed by atoms with Gasteiger partial charge in [0.15, 0.2) is 5.13 Å². The van der Waals surface area contributed by atoms with E-state index in [1.807, 2.05) is 45.0 Å². The first-order valence-corrected chi connectivity index (χ1v) is 14.1. The predicted molar refractivity (Wildman–Crippen MR) is 141 cm³/mol. The molecule has 1 aliphatic rings. The van der Waals surface area contributed by atoms with Crippen LogP contribution in [0.5, 0.6) is 5.75 Å². The molecule has 1 aromatic heterocycles. The highest BCUT2D eigenvalue weighted by molar-refractivity contribution is 7.92. The number of aryl methyl sites for hydroxylation is 3. The van der Waals surface area contributed by atoms with Crippen LogP contribution in [-0.2, 0) is 10.0 Å². The summed E-state index contributed by atoms with van der Waals surface area (Å²) in [5, 5.41) is 4.51. The van der Waals surface area contributed by atoms with Crippen molar-refractivity contribution >= 4 is 32.2 Å². The van der Waals surface area contributed by atoms with Gasteiger partial charge in [-0.1, -0.05) is 55.2 Å². The molecule has 8 heteroatoms. The number of benzene rings is 2. The van der Waals surface area contributed by atoms with E-state index in [0.29, 0.717) is 17.5 Å². The Kier molecular flexibility index (Phi) is 7.48. The minimum atomic E-state index is -3.87. The standard InChI is InChI=1S/C26H33N3O3S2/c1-17-10-9-11-18(2)24(17)29-34(30,31)23-16-20(14-15-22(23)32-4)25-19(3)27-26(33-25)28-21-12-7-5-6-8-13-21/h9-11,14-16,21,29H,5-8,12-13H2,1-4H3,(H,27,28). The minimum absolute atomic E-state index is 0.112. The number of aromatic nitrogens is 1. The summed E-state index contributed by atoms with van der Waals surface area (Å²) in [7, 11) is -2.38. The first-order valence-electron chi connectivity index (χ1n) is 11.8. The molecule has 0 aliphatic heterocycles. The Bertz CT molecular complexity index is 1240. The normalized spacial score (nSPS) is 15.1. The lowest BCUT2D eigenvalue weighted by molar-refractivity contribution is 0.403. The van der Waals surface area contributed by atoms with Gasteiger partial charge in [-0.3, -0.25) is 4.72 Å². The summed E-state index contributed by atoms with van der Waals surface area (Å²) in [6, 6.07) is 11.4. The van der Waals surface area contributed by atoms with Gasteiger partial charge in [0.05, 0.1) is 23.4 Å². The lowest BCUT2D eigenvalue weighted by atomic mass is 10.1. The van der Waals surface area contributed by atoms with Crippen molar-refractivity contribution in [2.45, 2.75) is 70.2 Å². The van der Waals surface area contributed by atoms with Gasteiger partial charge in [-0.15, -0.1) is 0 Å². The maximum absolute atomic E-state index is 13.4. The van der Waals surface area contributed by atoms with Crippen molar-refractivity contribution in [3.8, 4) is 16.2 Å². The van der Waals surface area contributed by atoms with Crippen molar-refractivity contribution in [1.82, 2.24) is 4.98 Å². The lowest BCUT2D eigenvalue weighted by Gasteiger charge is -2.16. The monoisotopic (exact) mass is 499 g/mol. The molecule has 0 atom stereocenters. The summed E-state index contributed by atoms with van der Waals surface area (Å²) >= 11 is 1.58. The Morgan fingerprint density at radius 2 is 1.68 bits per heavy atom. The van der Waals surface area contributed by atoms with Crippen molar-refractivity contribution in [2.75, 3.05) is 17.1 Å². The number of methoxy groups -OCH3 is 1. The summed E-state index contributed by atoms with van der Waals surface area (Å²) in [6.07, 6.45) is 7.45. The molecule has 1 aliphatic carbocycles. The van der Waals surface area contributed by atoms with Gasteiger partial charge in [-0.2, -0.15) is 0 Å². The molecule has 0 unspecified atom stereocenters. The quantitative estimate of drug-likeness (QED) is 0.355. The SMILES string of the molecule is COc1ccc(-c2sc(NC3CCCCCC3)nc2C)cc1S(=O)(=O)Nc1c(C)cccc1C. The molecule has 6 nitrogen and oxygen atoms in total. The fourth-order valence-corrected chi connectivity index (χ4v) is 6.96. The van der Waals surface area contributed by atoms with Crippen LogP contribution in [0, 0.1) is 20.8 Å². The average Bonchev–Trinajstić information content (AvgIpc) is 2.99. The number of hydrogen-bond donors (Lipinski definition) is 2. The van der Waals surface area contributed by atoms with Crippen LogP contribution in [0.2, 0.25) is 0 Å². The van der Waals surface area contributed by atoms with Gasteiger partial charge in [0, 0.05) is 6.04 Å². The van der Waals surface area contributed by atoms with Gasteiger partial charge in [-0.05, 0) is 68.5 Å². The van der Waals surface area contributed by atoms with Crippen LogP contribution in [-0.4, -0.2) is 26.6 Å². The van der Waals surface area contributed by atoms with E-state index in [2.05, 4.69) is 10.0 Å². The average molecular weight is 500 g/mol. The van der Waals surface area contributed by atoms with E-state index < -0.39 is 10.0 Å². The summed E-state index contributed by atoms with van der Waals surface area (Å²) in [6.45, 7) is 5.75. The molecule has 0 bridgehead atoms. The fourth-order valence-electron chi connectivity index (χ4n) is 4.52. The largest absolute Gasteiger partial charge is 0.495 e. The second-order valence-electron chi connectivity index (χ2n) is 9.00. The number of nitrogens with one attached hydrogen (secondary N) is 2. The van der Waals surface area contributed by atoms with Crippen LogP contribution >= 0.6 is 11.3 Å². The van der Waals surface area contributed by atoms with Gasteiger partial charge in [0.25, 0.3) is 10.0 Å². The Balaban J connectivity index is 1.66. The second-order valence-corrected chi connectivity index (χ2v) is 11.7. The van der Waals surface area contributed by atoms with E-state index in [0.717, 1.165) is 32.4 Å². The van der Waals surface area contributed by atoms with Gasteiger partial charge >= 0.3 is 0 Å². The van der Waals surface area contributed by atoms with Gasteiger partial charge in [-0.25, -0.2) is 13.4 Å². The summed E-state index contributed by atoms with van der Waals surface area (Å²) < 4.78 is 35.1. The van der Waals surface area contributed by atoms with Crippen molar-refractivity contribution < 1.29 is 13.2 Å². The number of para-hydroxylation sites is 1. The predicted octanol–water partition coefficient (Wildman–Crippen LogP) is 6.68. The first-order chi connectivity index (χ1) is 16.3. The van der Waals surface area contributed by atoms with Gasteiger partial charge < -0.3 is 10.1 Å². The van der Waals surface area contributed by atoms with E-state index >= 15 is 0 Å². The van der Waals surface area contributed by atoms with E-state index in [9.17, 15) is 8.42 Å². The molecule has 2 aromatic carbocycles. The lowest BCUT2D eigenvalue weighted by Crippen LogP contribution is -2.17. The van der Waals surface area contributed by atoms with Crippen LogP contribution < -0.4 is 14.8 Å². The van der Waals surface area contributed by atoms with Crippen LogP contribution in [0.25, 0.3) is 10.4 Å². The maximum Gasteiger partial charge on any atom is 0.265 e. The molecule has 1 fully saturated rings. The highest BCUT2D eigenvalue weighted by Gasteiger charge is 2.23. The summed E-state index contributed by atoms with van der Waals surface area (Å²) in [4.78, 5) is 5.82. The number of hydrogen-bond acceptors (Lipinski definition) is 6. The van der Waals surface area contributed by atoms with Gasteiger partial charge in [0.1, 0.15) is 10.6 Å². The highest BCUT2D eigenvalue weighted by Crippen LogP contribution is 2.38. The second kappa shape index (κ2) is 10.4. The molecule has 0 saturated heterocycles. The molecule has 2 N–H and O–H groups in total. The number of sulfonamides is 1. The zero-order chi connectivity index (χ0) is 24.3. The van der Waals surface area contributed by atoms with E-state index in [-0.39, 0.29) is 4.90 Å². The Labute approximate surface area is 206 Å². The summed E-state index contributed by atoms with van der Waals surface area (Å²) in [5.41, 5.74) is 4.03. The first kappa shape index (κ1) is 24.5. The fraction of sp³-hybridized carbons (Fsp3) is 0.423. The third kappa shape index (κ3) is 5.39. The molecule has 1 heterocycles. The molecule has 182 valence electrons. The van der Waals surface area contributed by atoms with E-state index in [1.165, 1.54) is 45.6 Å². The third-order valence-electron chi connectivity index (χ3n) is 6.41. The summed E-state index contributed by atoms with van der Waals surface area (Å²) in [5.74, 6) is 0.307. The van der Waals surface area contributed by atoms with Crippen molar-refractivity contribution in [2.24, 2.45) is 0 Å². The number of rotatable bonds is 7. The topological polar surface area (TPSA) is 80.3 Å². The zero-order valence-corrected chi connectivity index (χ0v) is 21.9. The Morgan fingerprint density at radius 1 is 1.00 bits per heavy atom. The molecule has 1 saturated carbocycles. The number of nitrogens with zero attached hydrogens (tertiary/aromatic N) is 1. The molecule has 34 heavy (non-hydrogen) atoms. The van der Waals surface area contributed by atoms with Crippen LogP contribution in [0.1, 0.15) is 55.3 Å². The molecular weight excluding hydrogens is 466 g/mol. The van der Waals surface area contributed by atoms with E-state index in [4.69, 9.17) is 9.72 Å². The Morgan fingerprint density at radius 3 is 2.32 bits per heavy atom. The van der Waals surface area contributed by atoms with Crippen molar-refractivity contribution in [1.29, 1.82) is 0 Å². The molecule has 0 spiro atoms. The van der Waals surface area contributed by atoms with Gasteiger partial charge in [0.2, 0.25) is 0 Å². The number of thiazole rings is 1. The molecular formula is C26H33N3O3S2. The molecule has 0 radical (unpaired) electrons. The maximum atomic E-state index is 13.4. The van der Waals surface area contributed by atoms with Crippen LogP contribution in [0.4, 0.5) is 10.8 Å².